The first-order valence-corrected chi connectivity index (χ1v) is 7.82. The Balaban J connectivity index is 2.22. The monoisotopic (exact) mass is 329 g/mol. The highest BCUT2D eigenvalue weighted by molar-refractivity contribution is 5.95. The molecule has 1 unspecified atom stereocenters. The van der Waals surface area contributed by atoms with Gasteiger partial charge < -0.3 is 20.1 Å². The minimum Gasteiger partial charge on any atom is -0.497 e. The molecule has 128 valence electrons. The number of carbonyl (C=O) groups is 1. The molecule has 0 spiro atoms. The second kappa shape index (κ2) is 8.19. The molecular formula is C18H23N3O3. The van der Waals surface area contributed by atoms with Crippen LogP contribution >= 0.6 is 0 Å². The maximum Gasteiger partial charge on any atom is 0.253 e. The summed E-state index contributed by atoms with van der Waals surface area (Å²) in [5.41, 5.74) is 1.93. The van der Waals surface area contributed by atoms with E-state index < -0.39 is 0 Å². The zero-order valence-corrected chi connectivity index (χ0v) is 14.4. The van der Waals surface area contributed by atoms with Gasteiger partial charge >= 0.3 is 0 Å². The Hall–Kier alpha value is -2.76. The number of nitrogens with zero attached hydrogens (tertiary/aromatic N) is 1. The summed E-state index contributed by atoms with van der Waals surface area (Å²) in [5, 5.41) is 6.14. The SMILES string of the molecule is CCC(C)NC(=O)c1cncc(Nc2cc(OC)ccc2OC)c1. The molecule has 0 aliphatic rings. The second-order valence-electron chi connectivity index (χ2n) is 5.44. The average Bonchev–Trinajstić information content (AvgIpc) is 2.61. The maximum atomic E-state index is 12.2. The standard InChI is InChI=1S/C18H23N3O3/c1-5-12(2)20-18(22)13-8-14(11-19-10-13)21-16-9-15(23-3)6-7-17(16)24-4/h6-12,21H,5H2,1-4H3,(H,20,22). The van der Waals surface area contributed by atoms with Crippen molar-refractivity contribution in [3.8, 4) is 11.5 Å². The van der Waals surface area contributed by atoms with Gasteiger partial charge in [-0.3, -0.25) is 9.78 Å². The van der Waals surface area contributed by atoms with E-state index in [1.165, 1.54) is 0 Å². The van der Waals surface area contributed by atoms with Crippen molar-refractivity contribution in [1.29, 1.82) is 0 Å². The molecule has 1 aromatic carbocycles. The number of amides is 1. The number of rotatable bonds is 7. The van der Waals surface area contributed by atoms with E-state index >= 15 is 0 Å². The zero-order valence-electron chi connectivity index (χ0n) is 14.4. The molecule has 1 amide bonds. The molecule has 0 radical (unpaired) electrons. The normalized spacial score (nSPS) is 11.5. The second-order valence-corrected chi connectivity index (χ2v) is 5.44. The van der Waals surface area contributed by atoms with Crippen LogP contribution in [0.5, 0.6) is 11.5 Å². The van der Waals surface area contributed by atoms with Crippen LogP contribution in [-0.2, 0) is 0 Å². The fourth-order valence-corrected chi connectivity index (χ4v) is 2.11. The Kier molecular flexibility index (Phi) is 6.01. The topological polar surface area (TPSA) is 72.5 Å². The number of anilines is 2. The van der Waals surface area contributed by atoms with Gasteiger partial charge in [0.05, 0.1) is 37.4 Å². The first kappa shape index (κ1) is 17.6. The summed E-state index contributed by atoms with van der Waals surface area (Å²) in [6.45, 7) is 3.99. The van der Waals surface area contributed by atoms with Crippen molar-refractivity contribution in [1.82, 2.24) is 10.3 Å². The van der Waals surface area contributed by atoms with Crippen LogP contribution < -0.4 is 20.1 Å². The summed E-state index contributed by atoms with van der Waals surface area (Å²) in [6.07, 6.45) is 4.07. The molecule has 6 heteroatoms. The summed E-state index contributed by atoms with van der Waals surface area (Å²) >= 11 is 0. The van der Waals surface area contributed by atoms with Crippen molar-refractivity contribution in [2.75, 3.05) is 19.5 Å². The van der Waals surface area contributed by atoms with Crippen molar-refractivity contribution in [2.45, 2.75) is 26.3 Å². The fraction of sp³-hybridized carbons (Fsp3) is 0.333. The number of hydrogen-bond acceptors (Lipinski definition) is 5. The molecule has 2 aromatic rings. The van der Waals surface area contributed by atoms with Crippen LogP contribution in [0.3, 0.4) is 0 Å². The van der Waals surface area contributed by atoms with Crippen LogP contribution in [0.2, 0.25) is 0 Å². The van der Waals surface area contributed by atoms with E-state index in [0.717, 1.165) is 12.1 Å². The van der Waals surface area contributed by atoms with E-state index in [0.29, 0.717) is 22.7 Å². The molecule has 24 heavy (non-hydrogen) atoms. The number of benzene rings is 1. The lowest BCUT2D eigenvalue weighted by Gasteiger charge is -2.14. The minimum absolute atomic E-state index is 0.118. The van der Waals surface area contributed by atoms with E-state index in [9.17, 15) is 4.79 Å². The highest BCUT2D eigenvalue weighted by Crippen LogP contribution is 2.31. The summed E-state index contributed by atoms with van der Waals surface area (Å²) in [7, 11) is 3.20. The molecule has 1 aromatic heterocycles. The van der Waals surface area contributed by atoms with Crippen molar-refractivity contribution < 1.29 is 14.3 Å². The Morgan fingerprint density at radius 2 is 2.00 bits per heavy atom. The number of pyridine rings is 1. The third-order valence-electron chi connectivity index (χ3n) is 3.68. The zero-order chi connectivity index (χ0) is 17.5. The van der Waals surface area contributed by atoms with Gasteiger partial charge in [0.25, 0.3) is 5.91 Å². The minimum atomic E-state index is -0.141. The molecule has 0 aliphatic carbocycles. The van der Waals surface area contributed by atoms with Crippen molar-refractivity contribution >= 4 is 17.3 Å². The van der Waals surface area contributed by atoms with E-state index in [2.05, 4.69) is 15.6 Å². The third kappa shape index (κ3) is 4.38. The van der Waals surface area contributed by atoms with Crippen molar-refractivity contribution in [3.05, 3.63) is 42.2 Å². The van der Waals surface area contributed by atoms with Gasteiger partial charge in [-0.25, -0.2) is 0 Å². The van der Waals surface area contributed by atoms with E-state index in [-0.39, 0.29) is 11.9 Å². The summed E-state index contributed by atoms with van der Waals surface area (Å²) < 4.78 is 10.6. The number of nitrogens with one attached hydrogen (secondary N) is 2. The lowest BCUT2D eigenvalue weighted by atomic mass is 10.2. The van der Waals surface area contributed by atoms with Gasteiger partial charge in [0.15, 0.2) is 0 Å². The largest absolute Gasteiger partial charge is 0.497 e. The highest BCUT2D eigenvalue weighted by Gasteiger charge is 2.11. The van der Waals surface area contributed by atoms with Gasteiger partial charge in [-0.15, -0.1) is 0 Å². The Bertz CT molecular complexity index is 704. The average molecular weight is 329 g/mol. The molecule has 0 saturated heterocycles. The van der Waals surface area contributed by atoms with E-state index in [1.807, 2.05) is 32.0 Å². The van der Waals surface area contributed by atoms with Gasteiger partial charge in [-0.2, -0.15) is 0 Å². The molecule has 0 saturated carbocycles. The quantitative estimate of drug-likeness (QED) is 0.815. The van der Waals surface area contributed by atoms with Crippen LogP contribution in [0.4, 0.5) is 11.4 Å². The number of carbonyl (C=O) groups excluding carboxylic acids is 1. The summed E-state index contributed by atoms with van der Waals surface area (Å²) in [6, 6.07) is 7.33. The van der Waals surface area contributed by atoms with E-state index in [1.54, 1.807) is 32.7 Å². The van der Waals surface area contributed by atoms with Crippen LogP contribution in [0.15, 0.2) is 36.7 Å². The van der Waals surface area contributed by atoms with Gasteiger partial charge in [0.2, 0.25) is 0 Å². The fourth-order valence-electron chi connectivity index (χ4n) is 2.11. The number of aromatic nitrogens is 1. The van der Waals surface area contributed by atoms with Gasteiger partial charge in [-0.05, 0) is 31.5 Å². The molecule has 1 heterocycles. The third-order valence-corrected chi connectivity index (χ3v) is 3.68. The Morgan fingerprint density at radius 1 is 1.21 bits per heavy atom. The predicted molar refractivity (Wildman–Crippen MR) is 94.3 cm³/mol. The molecular weight excluding hydrogens is 306 g/mol. The van der Waals surface area contributed by atoms with Crippen LogP contribution in [-0.4, -0.2) is 31.2 Å². The molecule has 2 rings (SSSR count). The lowest BCUT2D eigenvalue weighted by molar-refractivity contribution is 0.0939. The molecule has 0 bridgehead atoms. The summed E-state index contributed by atoms with van der Waals surface area (Å²) in [4.78, 5) is 16.4. The molecule has 2 N–H and O–H groups in total. The van der Waals surface area contributed by atoms with Crippen LogP contribution in [0, 0.1) is 0 Å². The van der Waals surface area contributed by atoms with Crippen LogP contribution in [0.25, 0.3) is 0 Å². The Labute approximate surface area is 142 Å². The van der Waals surface area contributed by atoms with Crippen molar-refractivity contribution in [2.24, 2.45) is 0 Å². The lowest BCUT2D eigenvalue weighted by Crippen LogP contribution is -2.31. The van der Waals surface area contributed by atoms with Crippen LogP contribution in [0.1, 0.15) is 30.6 Å². The first-order chi connectivity index (χ1) is 11.6. The van der Waals surface area contributed by atoms with Gasteiger partial charge in [0.1, 0.15) is 11.5 Å². The first-order valence-electron chi connectivity index (χ1n) is 7.82. The highest BCUT2D eigenvalue weighted by atomic mass is 16.5. The smallest absolute Gasteiger partial charge is 0.253 e. The van der Waals surface area contributed by atoms with Gasteiger partial charge in [0, 0.05) is 18.3 Å². The number of ether oxygens (including phenoxy) is 2. The Morgan fingerprint density at radius 3 is 2.67 bits per heavy atom. The predicted octanol–water partition coefficient (Wildman–Crippen LogP) is 3.37. The summed E-state index contributed by atoms with van der Waals surface area (Å²) in [5.74, 6) is 1.24. The molecule has 6 nitrogen and oxygen atoms in total. The number of methoxy groups -OCH3 is 2. The molecule has 0 fully saturated rings. The van der Waals surface area contributed by atoms with Crippen molar-refractivity contribution in [3.63, 3.8) is 0 Å². The van der Waals surface area contributed by atoms with E-state index in [4.69, 9.17) is 9.47 Å². The maximum absolute atomic E-state index is 12.2. The molecule has 0 aliphatic heterocycles. The molecule has 1 atom stereocenters. The number of hydrogen-bond donors (Lipinski definition) is 2. The van der Waals surface area contributed by atoms with Gasteiger partial charge in [-0.1, -0.05) is 6.92 Å².